The van der Waals surface area contributed by atoms with Crippen LogP contribution in [0.25, 0.3) is 0 Å². The SMILES string of the molecule is COC(=O)c1sccc1S(=O)(=O)NCC#Cc1ccccc1C(F)(F)F. The molecule has 1 heterocycles. The van der Waals surface area contributed by atoms with E-state index in [0.717, 1.165) is 24.5 Å². The summed E-state index contributed by atoms with van der Waals surface area (Å²) < 4.78 is 69.6. The van der Waals surface area contributed by atoms with Gasteiger partial charge >= 0.3 is 12.1 Å². The molecular weight excluding hydrogens is 391 g/mol. The van der Waals surface area contributed by atoms with Crippen LogP contribution in [0.2, 0.25) is 0 Å². The molecular formula is C16H12F3NO4S2. The van der Waals surface area contributed by atoms with E-state index in [-0.39, 0.29) is 15.3 Å². The highest BCUT2D eigenvalue weighted by Gasteiger charge is 2.32. The lowest BCUT2D eigenvalue weighted by Crippen LogP contribution is -2.25. The summed E-state index contributed by atoms with van der Waals surface area (Å²) in [4.78, 5) is 11.2. The number of methoxy groups -OCH3 is 1. The van der Waals surface area contributed by atoms with E-state index in [0.29, 0.717) is 0 Å². The summed E-state index contributed by atoms with van der Waals surface area (Å²) in [5, 5.41) is 1.41. The van der Waals surface area contributed by atoms with E-state index in [4.69, 9.17) is 0 Å². The van der Waals surface area contributed by atoms with Crippen LogP contribution in [0.15, 0.2) is 40.6 Å². The first-order valence-electron chi connectivity index (χ1n) is 6.97. The molecule has 138 valence electrons. The van der Waals surface area contributed by atoms with Gasteiger partial charge in [-0.3, -0.25) is 0 Å². The standard InChI is InChI=1S/C16H12F3NO4S2/c1-24-15(21)14-13(8-10-25-14)26(22,23)20-9-4-6-11-5-2-3-7-12(11)16(17,18)19/h2-3,5,7-8,10,20H,9H2,1H3. The number of carbonyl (C=O) groups excluding carboxylic acids is 1. The summed E-state index contributed by atoms with van der Waals surface area (Å²) in [6.45, 7) is -0.426. The van der Waals surface area contributed by atoms with Crippen LogP contribution in [0.4, 0.5) is 13.2 Å². The lowest BCUT2D eigenvalue weighted by Gasteiger charge is -2.08. The van der Waals surface area contributed by atoms with Gasteiger partial charge in [-0.05, 0) is 23.6 Å². The molecule has 1 aromatic heterocycles. The van der Waals surface area contributed by atoms with Gasteiger partial charge in [-0.25, -0.2) is 13.2 Å². The Morgan fingerprint density at radius 2 is 1.96 bits per heavy atom. The third kappa shape index (κ3) is 4.63. The summed E-state index contributed by atoms with van der Waals surface area (Å²) >= 11 is 0.895. The molecule has 0 saturated heterocycles. The number of hydrogen-bond donors (Lipinski definition) is 1. The number of nitrogens with one attached hydrogen (secondary N) is 1. The van der Waals surface area contributed by atoms with Crippen molar-refractivity contribution in [3.05, 3.63) is 51.7 Å². The molecule has 0 atom stereocenters. The number of esters is 1. The fraction of sp³-hybridized carbons (Fsp3) is 0.188. The van der Waals surface area contributed by atoms with Gasteiger partial charge in [0, 0.05) is 5.56 Å². The largest absolute Gasteiger partial charge is 0.465 e. The van der Waals surface area contributed by atoms with Crippen molar-refractivity contribution in [2.45, 2.75) is 11.1 Å². The summed E-state index contributed by atoms with van der Waals surface area (Å²) in [7, 11) is -2.94. The number of rotatable bonds is 4. The minimum atomic E-state index is -4.56. The minimum absolute atomic E-state index is 0.102. The fourth-order valence-electron chi connectivity index (χ4n) is 1.94. The Balaban J connectivity index is 2.16. The van der Waals surface area contributed by atoms with Crippen molar-refractivity contribution in [2.24, 2.45) is 0 Å². The third-order valence-electron chi connectivity index (χ3n) is 3.10. The molecule has 0 aliphatic rings. The molecule has 0 radical (unpaired) electrons. The first-order chi connectivity index (χ1) is 12.2. The van der Waals surface area contributed by atoms with Crippen molar-refractivity contribution in [1.82, 2.24) is 4.72 Å². The normalized spacial score (nSPS) is 11.5. The monoisotopic (exact) mass is 403 g/mol. The van der Waals surface area contributed by atoms with Crippen molar-refractivity contribution in [3.8, 4) is 11.8 Å². The van der Waals surface area contributed by atoms with Gasteiger partial charge < -0.3 is 4.74 Å². The maximum absolute atomic E-state index is 12.9. The molecule has 5 nitrogen and oxygen atoms in total. The highest BCUT2D eigenvalue weighted by atomic mass is 32.2. The molecule has 0 fully saturated rings. The van der Waals surface area contributed by atoms with Crippen LogP contribution >= 0.6 is 11.3 Å². The van der Waals surface area contributed by atoms with Crippen LogP contribution in [0, 0.1) is 11.8 Å². The number of hydrogen-bond acceptors (Lipinski definition) is 5. The molecule has 2 rings (SSSR count). The van der Waals surface area contributed by atoms with Crippen LogP contribution in [0.1, 0.15) is 20.8 Å². The molecule has 0 bridgehead atoms. The Hall–Kier alpha value is -2.35. The maximum Gasteiger partial charge on any atom is 0.417 e. The smallest absolute Gasteiger partial charge is 0.417 e. The number of halogens is 3. The fourth-order valence-corrected chi connectivity index (χ4v) is 4.19. The van der Waals surface area contributed by atoms with Gasteiger partial charge in [0.15, 0.2) is 0 Å². The minimum Gasteiger partial charge on any atom is -0.465 e. The summed E-state index contributed by atoms with van der Waals surface area (Å²) in [6, 6.07) is 5.95. The molecule has 26 heavy (non-hydrogen) atoms. The van der Waals surface area contributed by atoms with Crippen molar-refractivity contribution < 1.29 is 31.1 Å². The molecule has 0 saturated carbocycles. The van der Waals surface area contributed by atoms with Crippen LogP contribution in [0.3, 0.4) is 0 Å². The second kappa shape index (κ2) is 7.90. The summed E-state index contributed by atoms with van der Waals surface area (Å²) in [5.74, 6) is 3.84. The molecule has 1 N–H and O–H groups in total. The Labute approximate surface area is 151 Å². The number of alkyl halides is 3. The average molecular weight is 403 g/mol. The highest BCUT2D eigenvalue weighted by Crippen LogP contribution is 2.31. The van der Waals surface area contributed by atoms with Gasteiger partial charge in [0.1, 0.15) is 9.77 Å². The Morgan fingerprint density at radius 1 is 1.27 bits per heavy atom. The lowest BCUT2D eigenvalue weighted by molar-refractivity contribution is -0.137. The van der Waals surface area contributed by atoms with E-state index in [1.807, 2.05) is 0 Å². The predicted octanol–water partition coefficient (Wildman–Crippen LogP) is 2.88. The summed E-state index contributed by atoms with van der Waals surface area (Å²) in [6.07, 6.45) is -4.56. The second-order valence-electron chi connectivity index (χ2n) is 4.78. The second-order valence-corrected chi connectivity index (χ2v) is 7.43. The van der Waals surface area contributed by atoms with Gasteiger partial charge in [0.2, 0.25) is 10.0 Å². The van der Waals surface area contributed by atoms with Gasteiger partial charge in [0.05, 0.1) is 19.2 Å². The number of thiophene rings is 1. The quantitative estimate of drug-likeness (QED) is 0.630. The molecule has 0 spiro atoms. The van der Waals surface area contributed by atoms with E-state index >= 15 is 0 Å². The van der Waals surface area contributed by atoms with Crippen molar-refractivity contribution in [1.29, 1.82) is 0 Å². The van der Waals surface area contributed by atoms with E-state index in [2.05, 4.69) is 21.3 Å². The number of sulfonamides is 1. The molecule has 0 unspecified atom stereocenters. The van der Waals surface area contributed by atoms with E-state index in [9.17, 15) is 26.4 Å². The third-order valence-corrected chi connectivity index (χ3v) is 5.56. The first-order valence-corrected chi connectivity index (χ1v) is 9.33. The number of ether oxygens (including phenoxy) is 1. The maximum atomic E-state index is 12.9. The average Bonchev–Trinajstić information content (AvgIpc) is 3.08. The highest BCUT2D eigenvalue weighted by molar-refractivity contribution is 7.89. The first kappa shape index (κ1) is 20.0. The zero-order valence-electron chi connectivity index (χ0n) is 13.3. The topological polar surface area (TPSA) is 72.5 Å². The lowest BCUT2D eigenvalue weighted by atomic mass is 10.1. The zero-order chi connectivity index (χ0) is 19.4. The van der Waals surface area contributed by atoms with Crippen LogP contribution in [-0.2, 0) is 20.9 Å². The van der Waals surface area contributed by atoms with E-state index in [1.165, 1.54) is 29.6 Å². The van der Waals surface area contributed by atoms with E-state index in [1.54, 1.807) is 0 Å². The van der Waals surface area contributed by atoms with Gasteiger partial charge in [0.25, 0.3) is 0 Å². The predicted molar refractivity (Wildman–Crippen MR) is 89.2 cm³/mol. The van der Waals surface area contributed by atoms with Crippen LogP contribution < -0.4 is 4.72 Å². The molecule has 2 aromatic rings. The molecule has 0 aliphatic heterocycles. The summed E-state index contributed by atoms with van der Waals surface area (Å²) in [5.41, 5.74) is -1.16. The van der Waals surface area contributed by atoms with Crippen molar-refractivity contribution in [2.75, 3.05) is 13.7 Å². The van der Waals surface area contributed by atoms with Gasteiger partial charge in [-0.2, -0.15) is 17.9 Å². The molecule has 1 aromatic carbocycles. The van der Waals surface area contributed by atoms with Crippen molar-refractivity contribution in [3.63, 3.8) is 0 Å². The molecule has 0 amide bonds. The number of benzene rings is 1. The molecule has 10 heteroatoms. The molecule has 0 aliphatic carbocycles. The zero-order valence-corrected chi connectivity index (χ0v) is 14.9. The Morgan fingerprint density at radius 3 is 2.62 bits per heavy atom. The number of carbonyl (C=O) groups is 1. The van der Waals surface area contributed by atoms with Crippen molar-refractivity contribution >= 4 is 27.3 Å². The van der Waals surface area contributed by atoms with Crippen LogP contribution in [-0.4, -0.2) is 28.0 Å². The van der Waals surface area contributed by atoms with Crippen LogP contribution in [0.5, 0.6) is 0 Å². The van der Waals surface area contributed by atoms with Gasteiger partial charge in [-0.15, -0.1) is 11.3 Å². The Kier molecular flexibility index (Phi) is 6.07. The van der Waals surface area contributed by atoms with E-state index < -0.39 is 34.3 Å². The van der Waals surface area contributed by atoms with Gasteiger partial charge in [-0.1, -0.05) is 24.0 Å². The Bertz CT molecular complexity index is 969.